The van der Waals surface area contributed by atoms with Gasteiger partial charge >= 0.3 is 0 Å². The van der Waals surface area contributed by atoms with E-state index in [0.717, 1.165) is 32.2 Å². The first kappa shape index (κ1) is 15.5. The molecule has 2 amide bonds. The summed E-state index contributed by atoms with van der Waals surface area (Å²) in [5.41, 5.74) is 0. The van der Waals surface area contributed by atoms with Crippen molar-refractivity contribution in [3.05, 3.63) is 0 Å². The van der Waals surface area contributed by atoms with Crippen LogP contribution in [0.25, 0.3) is 0 Å². The SMILES string of the molecule is C#CCN(C)CCCNC(=O)[C@@H]1CCCCC(=O)N1. The lowest BCUT2D eigenvalue weighted by atomic mass is 10.1. The van der Waals surface area contributed by atoms with E-state index < -0.39 is 0 Å². The van der Waals surface area contributed by atoms with E-state index in [1.54, 1.807) is 0 Å². The predicted octanol–water partition coefficient (Wildman–Crippen LogP) is 0.117. The molecule has 0 aromatic rings. The lowest BCUT2D eigenvalue weighted by Crippen LogP contribution is -2.46. The normalized spacial score (nSPS) is 19.4. The molecule has 0 aliphatic carbocycles. The van der Waals surface area contributed by atoms with Crippen molar-refractivity contribution in [2.75, 3.05) is 26.7 Å². The van der Waals surface area contributed by atoms with Crippen LogP contribution >= 0.6 is 0 Å². The number of carbonyl (C=O) groups is 2. The Hall–Kier alpha value is -1.54. The summed E-state index contributed by atoms with van der Waals surface area (Å²) in [6.07, 6.45) is 9.10. The summed E-state index contributed by atoms with van der Waals surface area (Å²) in [6, 6.07) is -0.363. The maximum Gasteiger partial charge on any atom is 0.242 e. The number of rotatable bonds is 6. The highest BCUT2D eigenvalue weighted by molar-refractivity contribution is 5.87. The summed E-state index contributed by atoms with van der Waals surface area (Å²) in [7, 11) is 1.95. The number of terminal acetylenes is 1. The van der Waals surface area contributed by atoms with E-state index in [1.807, 2.05) is 11.9 Å². The first-order chi connectivity index (χ1) is 9.13. The molecule has 106 valence electrons. The first-order valence-electron chi connectivity index (χ1n) is 6.82. The van der Waals surface area contributed by atoms with Gasteiger partial charge in [0.2, 0.25) is 11.8 Å². The Balaban J connectivity index is 2.19. The van der Waals surface area contributed by atoms with E-state index in [9.17, 15) is 9.59 Å². The van der Waals surface area contributed by atoms with Crippen molar-refractivity contribution >= 4 is 11.8 Å². The fraction of sp³-hybridized carbons (Fsp3) is 0.714. The Morgan fingerprint density at radius 2 is 2.37 bits per heavy atom. The molecule has 2 N–H and O–H groups in total. The summed E-state index contributed by atoms with van der Waals surface area (Å²) in [5, 5.41) is 5.63. The lowest BCUT2D eigenvalue weighted by Gasteiger charge is -2.17. The van der Waals surface area contributed by atoms with Gasteiger partial charge in [0, 0.05) is 19.5 Å². The van der Waals surface area contributed by atoms with Crippen LogP contribution in [0, 0.1) is 12.3 Å². The zero-order valence-electron chi connectivity index (χ0n) is 11.6. The van der Waals surface area contributed by atoms with E-state index >= 15 is 0 Å². The molecule has 5 nitrogen and oxygen atoms in total. The van der Waals surface area contributed by atoms with Crippen LogP contribution in [0.4, 0.5) is 0 Å². The summed E-state index contributed by atoms with van der Waals surface area (Å²) in [6.45, 7) is 2.08. The predicted molar refractivity (Wildman–Crippen MR) is 74.4 cm³/mol. The average Bonchev–Trinajstić information content (AvgIpc) is 2.59. The number of hydrogen-bond acceptors (Lipinski definition) is 3. The number of nitrogens with one attached hydrogen (secondary N) is 2. The second kappa shape index (κ2) is 8.54. The van der Waals surface area contributed by atoms with Gasteiger partial charge in [-0.2, -0.15) is 0 Å². The number of hydrogen-bond donors (Lipinski definition) is 2. The molecule has 0 spiro atoms. The third-order valence-electron chi connectivity index (χ3n) is 3.18. The molecule has 1 heterocycles. The average molecular weight is 265 g/mol. The van der Waals surface area contributed by atoms with Crippen LogP contribution in [0.15, 0.2) is 0 Å². The minimum absolute atomic E-state index is 0.0218. The van der Waals surface area contributed by atoms with Gasteiger partial charge in [-0.3, -0.25) is 14.5 Å². The highest BCUT2D eigenvalue weighted by Crippen LogP contribution is 2.09. The zero-order valence-corrected chi connectivity index (χ0v) is 11.6. The summed E-state index contributed by atoms with van der Waals surface area (Å²) >= 11 is 0. The van der Waals surface area contributed by atoms with Crippen LogP contribution in [0.1, 0.15) is 32.1 Å². The molecule has 1 aliphatic rings. The van der Waals surface area contributed by atoms with Gasteiger partial charge in [0.05, 0.1) is 6.54 Å². The molecule has 1 saturated heterocycles. The molecule has 1 rings (SSSR count). The third kappa shape index (κ3) is 6.25. The van der Waals surface area contributed by atoms with Crippen molar-refractivity contribution in [2.45, 2.75) is 38.1 Å². The zero-order chi connectivity index (χ0) is 14.1. The van der Waals surface area contributed by atoms with Crippen LogP contribution in [0.2, 0.25) is 0 Å². The lowest BCUT2D eigenvalue weighted by molar-refractivity contribution is -0.128. The number of amides is 2. The van der Waals surface area contributed by atoms with Gasteiger partial charge < -0.3 is 10.6 Å². The van der Waals surface area contributed by atoms with E-state index in [0.29, 0.717) is 19.5 Å². The largest absolute Gasteiger partial charge is 0.354 e. The second-order valence-corrected chi connectivity index (χ2v) is 4.95. The van der Waals surface area contributed by atoms with Crippen molar-refractivity contribution < 1.29 is 9.59 Å². The maximum atomic E-state index is 11.9. The minimum atomic E-state index is -0.363. The third-order valence-corrected chi connectivity index (χ3v) is 3.18. The molecule has 1 atom stereocenters. The van der Waals surface area contributed by atoms with Gasteiger partial charge in [-0.15, -0.1) is 6.42 Å². The standard InChI is InChI=1S/C14H23N3O2/c1-3-10-17(2)11-6-9-15-14(19)12-7-4-5-8-13(18)16-12/h1,12H,4-11H2,2H3,(H,15,19)(H,16,18)/t12-/m0/s1. The quantitative estimate of drug-likeness (QED) is 0.529. The molecular weight excluding hydrogens is 242 g/mol. The van der Waals surface area contributed by atoms with Crippen LogP contribution in [-0.4, -0.2) is 49.4 Å². The molecule has 0 aromatic heterocycles. The van der Waals surface area contributed by atoms with Crippen LogP contribution in [0.3, 0.4) is 0 Å². The minimum Gasteiger partial charge on any atom is -0.354 e. The fourth-order valence-electron chi connectivity index (χ4n) is 2.09. The Morgan fingerprint density at radius 3 is 3.11 bits per heavy atom. The van der Waals surface area contributed by atoms with E-state index in [1.165, 1.54) is 0 Å². The van der Waals surface area contributed by atoms with Crippen LogP contribution in [-0.2, 0) is 9.59 Å². The van der Waals surface area contributed by atoms with E-state index in [-0.39, 0.29) is 17.9 Å². The molecule has 1 fully saturated rings. The van der Waals surface area contributed by atoms with Crippen molar-refractivity contribution in [1.82, 2.24) is 15.5 Å². The van der Waals surface area contributed by atoms with Gasteiger partial charge in [0.25, 0.3) is 0 Å². The first-order valence-corrected chi connectivity index (χ1v) is 6.82. The molecule has 5 heteroatoms. The monoisotopic (exact) mass is 265 g/mol. The highest BCUT2D eigenvalue weighted by atomic mass is 16.2. The molecule has 0 bridgehead atoms. The Labute approximate surface area is 115 Å². The molecular formula is C14H23N3O2. The summed E-state index contributed by atoms with van der Waals surface area (Å²) in [4.78, 5) is 25.3. The number of carbonyl (C=O) groups excluding carboxylic acids is 2. The summed E-state index contributed by atoms with van der Waals surface area (Å²) < 4.78 is 0. The molecule has 19 heavy (non-hydrogen) atoms. The highest BCUT2D eigenvalue weighted by Gasteiger charge is 2.22. The van der Waals surface area contributed by atoms with Crippen LogP contribution < -0.4 is 10.6 Å². The van der Waals surface area contributed by atoms with E-state index in [4.69, 9.17) is 6.42 Å². The van der Waals surface area contributed by atoms with Crippen molar-refractivity contribution in [3.8, 4) is 12.3 Å². The molecule has 0 saturated carbocycles. The molecule has 0 radical (unpaired) electrons. The van der Waals surface area contributed by atoms with Crippen LogP contribution in [0.5, 0.6) is 0 Å². The Kier molecular flexibility index (Phi) is 6.98. The van der Waals surface area contributed by atoms with Gasteiger partial charge in [-0.05, 0) is 26.3 Å². The van der Waals surface area contributed by atoms with Crippen molar-refractivity contribution in [2.24, 2.45) is 0 Å². The fourth-order valence-corrected chi connectivity index (χ4v) is 2.09. The smallest absolute Gasteiger partial charge is 0.242 e. The Morgan fingerprint density at radius 1 is 1.58 bits per heavy atom. The summed E-state index contributed by atoms with van der Waals surface area (Å²) in [5.74, 6) is 2.48. The molecule has 1 aliphatic heterocycles. The van der Waals surface area contributed by atoms with Gasteiger partial charge in [-0.25, -0.2) is 0 Å². The van der Waals surface area contributed by atoms with Gasteiger partial charge in [-0.1, -0.05) is 12.3 Å². The molecule has 0 aromatic carbocycles. The second-order valence-electron chi connectivity index (χ2n) is 4.95. The molecule has 0 unspecified atom stereocenters. The van der Waals surface area contributed by atoms with E-state index in [2.05, 4.69) is 16.6 Å². The maximum absolute atomic E-state index is 11.9. The van der Waals surface area contributed by atoms with Crippen molar-refractivity contribution in [3.63, 3.8) is 0 Å². The topological polar surface area (TPSA) is 61.4 Å². The van der Waals surface area contributed by atoms with Crippen molar-refractivity contribution in [1.29, 1.82) is 0 Å². The Bertz CT molecular complexity index is 349. The number of nitrogens with zero attached hydrogens (tertiary/aromatic N) is 1. The van der Waals surface area contributed by atoms with Gasteiger partial charge in [0.1, 0.15) is 6.04 Å². The van der Waals surface area contributed by atoms with Gasteiger partial charge in [0.15, 0.2) is 0 Å².